The maximum absolute atomic E-state index is 12.0. The van der Waals surface area contributed by atoms with Crippen molar-refractivity contribution in [1.82, 2.24) is 10.2 Å². The summed E-state index contributed by atoms with van der Waals surface area (Å²) in [6.07, 6.45) is 1.83. The molecule has 0 aliphatic carbocycles. The van der Waals surface area contributed by atoms with Gasteiger partial charge in [-0.25, -0.2) is 4.79 Å². The van der Waals surface area contributed by atoms with Crippen LogP contribution < -0.4 is 19.5 Å². The largest absolute Gasteiger partial charge is 0.492 e. The van der Waals surface area contributed by atoms with E-state index in [4.69, 9.17) is 19.4 Å². The van der Waals surface area contributed by atoms with Gasteiger partial charge in [-0.2, -0.15) is 0 Å². The molecule has 1 aliphatic heterocycles. The number of rotatable bonds is 6. The van der Waals surface area contributed by atoms with Gasteiger partial charge in [0.2, 0.25) is 12.5 Å². The van der Waals surface area contributed by atoms with E-state index < -0.39 is 0 Å². The lowest BCUT2D eigenvalue weighted by atomic mass is 10.0. The number of nitrogens with zero attached hydrogens (tertiary/aromatic N) is 2. The van der Waals surface area contributed by atoms with Crippen LogP contribution in [0.4, 0.5) is 4.79 Å². The number of urea groups is 1. The quantitative estimate of drug-likeness (QED) is 0.469. The van der Waals surface area contributed by atoms with Crippen LogP contribution in [-0.4, -0.2) is 55.9 Å². The predicted molar refractivity (Wildman–Crippen MR) is 88.5 cm³/mol. The van der Waals surface area contributed by atoms with Gasteiger partial charge in [0.1, 0.15) is 0 Å². The SMILES string of the molecule is COc1c(/C=N\O)c(CCN(C)C(=O)NC(C)C)cc2c1OCO2. The maximum Gasteiger partial charge on any atom is 0.317 e. The van der Waals surface area contributed by atoms with E-state index in [2.05, 4.69) is 10.5 Å². The van der Waals surface area contributed by atoms with Gasteiger partial charge < -0.3 is 29.6 Å². The second-order valence-electron chi connectivity index (χ2n) is 5.74. The van der Waals surface area contributed by atoms with Crippen molar-refractivity contribution >= 4 is 12.2 Å². The number of benzene rings is 1. The molecule has 0 saturated heterocycles. The van der Waals surface area contributed by atoms with E-state index in [1.807, 2.05) is 19.9 Å². The highest BCUT2D eigenvalue weighted by atomic mass is 16.7. The third-order valence-corrected chi connectivity index (χ3v) is 3.61. The fourth-order valence-electron chi connectivity index (χ4n) is 2.43. The van der Waals surface area contributed by atoms with Crippen LogP contribution in [0, 0.1) is 0 Å². The average Bonchev–Trinajstić information content (AvgIpc) is 3.00. The maximum atomic E-state index is 12.0. The van der Waals surface area contributed by atoms with E-state index in [0.717, 1.165) is 5.56 Å². The highest BCUT2D eigenvalue weighted by Crippen LogP contribution is 2.44. The molecule has 0 radical (unpaired) electrons. The molecule has 2 N–H and O–H groups in total. The first kappa shape index (κ1) is 17.7. The average molecular weight is 337 g/mol. The summed E-state index contributed by atoms with van der Waals surface area (Å²) in [5.41, 5.74) is 1.43. The first-order chi connectivity index (χ1) is 11.5. The van der Waals surface area contributed by atoms with Gasteiger partial charge in [-0.05, 0) is 31.9 Å². The summed E-state index contributed by atoms with van der Waals surface area (Å²) in [6.45, 7) is 4.41. The molecule has 0 atom stereocenters. The molecule has 8 nitrogen and oxygen atoms in total. The number of hydrogen-bond donors (Lipinski definition) is 2. The van der Waals surface area contributed by atoms with Crippen LogP contribution in [0.25, 0.3) is 0 Å². The van der Waals surface area contributed by atoms with Crippen molar-refractivity contribution in [2.45, 2.75) is 26.3 Å². The third-order valence-electron chi connectivity index (χ3n) is 3.61. The lowest BCUT2D eigenvalue weighted by molar-refractivity contribution is 0.171. The molecule has 0 bridgehead atoms. The summed E-state index contributed by atoms with van der Waals surface area (Å²) in [6, 6.07) is 1.74. The molecule has 8 heteroatoms. The molecule has 0 aromatic heterocycles. The number of amides is 2. The van der Waals surface area contributed by atoms with Gasteiger partial charge in [-0.3, -0.25) is 0 Å². The molecule has 2 rings (SSSR count). The zero-order valence-corrected chi connectivity index (χ0v) is 14.3. The van der Waals surface area contributed by atoms with Crippen LogP contribution in [0.2, 0.25) is 0 Å². The lowest BCUT2D eigenvalue weighted by Crippen LogP contribution is -2.41. The van der Waals surface area contributed by atoms with E-state index in [0.29, 0.717) is 35.8 Å². The van der Waals surface area contributed by atoms with Crippen molar-refractivity contribution in [2.75, 3.05) is 27.5 Å². The molecule has 1 aromatic carbocycles. The second kappa shape index (κ2) is 7.76. The molecule has 1 aromatic rings. The highest BCUT2D eigenvalue weighted by Gasteiger charge is 2.25. The van der Waals surface area contributed by atoms with E-state index in [1.165, 1.54) is 13.3 Å². The smallest absolute Gasteiger partial charge is 0.317 e. The van der Waals surface area contributed by atoms with Gasteiger partial charge in [0.05, 0.1) is 13.3 Å². The van der Waals surface area contributed by atoms with E-state index in [-0.39, 0.29) is 18.9 Å². The molecule has 132 valence electrons. The lowest BCUT2D eigenvalue weighted by Gasteiger charge is -2.20. The van der Waals surface area contributed by atoms with Gasteiger partial charge in [-0.1, -0.05) is 5.16 Å². The standard InChI is InChI=1S/C16H23N3O5/c1-10(2)18-16(20)19(3)6-5-11-7-13-15(24-9-23-13)14(22-4)12(11)8-17-21/h7-8,10,21H,5-6,9H2,1-4H3,(H,18,20)/b17-8-. The summed E-state index contributed by atoms with van der Waals surface area (Å²) in [5, 5.41) is 14.9. The highest BCUT2D eigenvalue weighted by molar-refractivity contribution is 5.88. The van der Waals surface area contributed by atoms with Gasteiger partial charge >= 0.3 is 6.03 Å². The second-order valence-corrected chi connectivity index (χ2v) is 5.74. The van der Waals surface area contributed by atoms with Crippen LogP contribution in [0.1, 0.15) is 25.0 Å². The van der Waals surface area contributed by atoms with E-state index >= 15 is 0 Å². The zero-order valence-electron chi connectivity index (χ0n) is 14.3. The number of methoxy groups -OCH3 is 1. The van der Waals surface area contributed by atoms with Gasteiger partial charge in [0, 0.05) is 25.2 Å². The number of oxime groups is 1. The molecule has 0 spiro atoms. The molecule has 1 heterocycles. The summed E-state index contributed by atoms with van der Waals surface area (Å²) in [4.78, 5) is 13.6. The number of nitrogens with one attached hydrogen (secondary N) is 1. The van der Waals surface area contributed by atoms with Crippen LogP contribution in [0.15, 0.2) is 11.2 Å². The number of carbonyl (C=O) groups excluding carboxylic acids is 1. The van der Waals surface area contributed by atoms with Gasteiger partial charge in [0.25, 0.3) is 0 Å². The first-order valence-electron chi connectivity index (χ1n) is 7.66. The molecular weight excluding hydrogens is 314 g/mol. The monoisotopic (exact) mass is 337 g/mol. The zero-order chi connectivity index (χ0) is 17.7. The van der Waals surface area contributed by atoms with E-state index in [1.54, 1.807) is 11.9 Å². The summed E-state index contributed by atoms with van der Waals surface area (Å²) < 4.78 is 16.2. The van der Waals surface area contributed by atoms with Crippen molar-refractivity contribution in [3.05, 3.63) is 17.2 Å². The Labute approximate surface area is 141 Å². The predicted octanol–water partition coefficient (Wildman–Crippen LogP) is 1.82. The van der Waals surface area contributed by atoms with Gasteiger partial charge in [-0.15, -0.1) is 0 Å². The summed E-state index contributed by atoms with van der Waals surface area (Å²) in [7, 11) is 3.24. The van der Waals surface area contributed by atoms with Gasteiger partial charge in [0.15, 0.2) is 11.5 Å². The minimum absolute atomic E-state index is 0.0719. The first-order valence-corrected chi connectivity index (χ1v) is 7.66. The van der Waals surface area contributed by atoms with Crippen molar-refractivity contribution in [2.24, 2.45) is 5.16 Å². The fourth-order valence-corrected chi connectivity index (χ4v) is 2.43. The molecule has 1 aliphatic rings. The normalized spacial score (nSPS) is 12.7. The number of fused-ring (bicyclic) bond motifs is 1. The molecule has 0 saturated carbocycles. The van der Waals surface area contributed by atoms with Crippen LogP contribution in [0.5, 0.6) is 17.2 Å². The summed E-state index contributed by atoms with van der Waals surface area (Å²) in [5.74, 6) is 1.51. The van der Waals surface area contributed by atoms with Crippen LogP contribution in [-0.2, 0) is 6.42 Å². The fraction of sp³-hybridized carbons (Fsp3) is 0.500. The Morgan fingerprint density at radius 3 is 2.92 bits per heavy atom. The molecule has 0 unspecified atom stereocenters. The topological polar surface area (TPSA) is 92.6 Å². The van der Waals surface area contributed by atoms with Crippen molar-refractivity contribution < 1.29 is 24.2 Å². The Morgan fingerprint density at radius 2 is 2.29 bits per heavy atom. The van der Waals surface area contributed by atoms with Crippen molar-refractivity contribution in [3.8, 4) is 17.2 Å². The third kappa shape index (κ3) is 3.81. The molecule has 24 heavy (non-hydrogen) atoms. The minimum atomic E-state index is -0.143. The Balaban J connectivity index is 2.22. The Kier molecular flexibility index (Phi) is 5.73. The Morgan fingerprint density at radius 1 is 1.54 bits per heavy atom. The number of hydrogen-bond acceptors (Lipinski definition) is 6. The summed E-state index contributed by atoms with van der Waals surface area (Å²) >= 11 is 0. The number of ether oxygens (including phenoxy) is 3. The molecular formula is C16H23N3O5. The van der Waals surface area contributed by atoms with Crippen molar-refractivity contribution in [1.29, 1.82) is 0 Å². The van der Waals surface area contributed by atoms with Crippen molar-refractivity contribution in [3.63, 3.8) is 0 Å². The Bertz CT molecular complexity index is 631. The number of carbonyl (C=O) groups is 1. The van der Waals surface area contributed by atoms with Crippen LogP contribution >= 0.6 is 0 Å². The molecule has 0 fully saturated rings. The van der Waals surface area contributed by atoms with E-state index in [9.17, 15) is 4.79 Å². The molecule has 2 amide bonds. The van der Waals surface area contributed by atoms with Crippen LogP contribution in [0.3, 0.4) is 0 Å². The number of likely N-dealkylation sites (N-methyl/N-ethyl adjacent to an activating group) is 1. The Hall–Kier alpha value is -2.64. The minimum Gasteiger partial charge on any atom is -0.492 e.